The highest BCUT2D eigenvalue weighted by Gasteiger charge is 2.07. The molecule has 0 aliphatic carbocycles. The van der Waals surface area contributed by atoms with E-state index < -0.39 is 6.03 Å². The largest absolute Gasteiger partial charge is 0.458 e. The molecular formula is C12H16N4O3S. The SMILES string of the molecule is CCOC(=O)Sc1cccc(NC(=NC)NC(N)=O)c1. The molecule has 0 bridgehead atoms. The predicted molar refractivity (Wildman–Crippen MR) is 79.0 cm³/mol. The van der Waals surface area contributed by atoms with Crippen molar-refractivity contribution in [3.63, 3.8) is 0 Å². The first-order chi connectivity index (χ1) is 9.55. The monoisotopic (exact) mass is 296 g/mol. The Labute approximate surface area is 121 Å². The van der Waals surface area contributed by atoms with Crippen LogP contribution >= 0.6 is 11.8 Å². The van der Waals surface area contributed by atoms with E-state index in [0.29, 0.717) is 17.2 Å². The molecule has 4 N–H and O–H groups in total. The maximum Gasteiger partial charge on any atom is 0.372 e. The molecule has 0 atom stereocenters. The number of hydrogen-bond acceptors (Lipinski definition) is 5. The molecule has 1 aromatic carbocycles. The van der Waals surface area contributed by atoms with Crippen molar-refractivity contribution in [2.75, 3.05) is 19.0 Å². The summed E-state index contributed by atoms with van der Waals surface area (Å²) in [5.41, 5.74) is 5.68. The number of anilines is 1. The number of urea groups is 1. The third kappa shape index (κ3) is 5.61. The maximum atomic E-state index is 11.4. The smallest absolute Gasteiger partial charge is 0.372 e. The highest BCUT2D eigenvalue weighted by molar-refractivity contribution is 8.13. The van der Waals surface area contributed by atoms with E-state index in [1.165, 1.54) is 7.05 Å². The van der Waals surface area contributed by atoms with Gasteiger partial charge in [0, 0.05) is 17.6 Å². The Bertz CT molecular complexity index is 519. The number of nitrogens with two attached hydrogens (primary N) is 1. The lowest BCUT2D eigenvalue weighted by atomic mass is 10.3. The van der Waals surface area contributed by atoms with Crippen LogP contribution in [0.1, 0.15) is 6.92 Å². The Kier molecular flexibility index (Phi) is 6.38. The van der Waals surface area contributed by atoms with Crippen LogP contribution in [0.4, 0.5) is 15.3 Å². The number of hydrogen-bond donors (Lipinski definition) is 3. The van der Waals surface area contributed by atoms with Crippen molar-refractivity contribution in [2.45, 2.75) is 11.8 Å². The fourth-order valence-corrected chi connectivity index (χ4v) is 1.98. The number of nitrogens with zero attached hydrogens (tertiary/aromatic N) is 1. The van der Waals surface area contributed by atoms with Crippen LogP contribution in [-0.2, 0) is 4.74 Å². The minimum atomic E-state index is -0.713. The first kappa shape index (κ1) is 15.8. The second-order valence-electron chi connectivity index (χ2n) is 3.50. The number of ether oxygens (including phenoxy) is 1. The molecule has 20 heavy (non-hydrogen) atoms. The normalized spacial score (nSPS) is 10.8. The number of thioether (sulfide) groups is 1. The molecule has 0 spiro atoms. The van der Waals surface area contributed by atoms with Crippen LogP contribution in [0.15, 0.2) is 34.2 Å². The molecule has 7 nitrogen and oxygen atoms in total. The second-order valence-corrected chi connectivity index (χ2v) is 4.51. The lowest BCUT2D eigenvalue weighted by molar-refractivity contribution is 0.181. The number of amides is 2. The molecule has 0 aliphatic heterocycles. The molecule has 108 valence electrons. The number of carbonyl (C=O) groups is 2. The van der Waals surface area contributed by atoms with E-state index >= 15 is 0 Å². The number of aliphatic imine (C=N–C) groups is 1. The summed E-state index contributed by atoms with van der Waals surface area (Å²) in [6, 6.07) is 6.33. The average molecular weight is 296 g/mol. The lowest BCUT2D eigenvalue weighted by Gasteiger charge is -2.10. The van der Waals surface area contributed by atoms with Crippen LogP contribution in [0.25, 0.3) is 0 Å². The van der Waals surface area contributed by atoms with Gasteiger partial charge in [-0.2, -0.15) is 0 Å². The molecule has 0 saturated carbocycles. The van der Waals surface area contributed by atoms with Gasteiger partial charge in [0.2, 0.25) is 5.96 Å². The van der Waals surface area contributed by atoms with Crippen LogP contribution in [0.3, 0.4) is 0 Å². The highest BCUT2D eigenvalue weighted by atomic mass is 32.2. The maximum absolute atomic E-state index is 11.4. The predicted octanol–water partition coefficient (Wildman–Crippen LogP) is 2.00. The van der Waals surface area contributed by atoms with Crippen LogP contribution in [0.2, 0.25) is 0 Å². The van der Waals surface area contributed by atoms with E-state index in [9.17, 15) is 9.59 Å². The Morgan fingerprint density at radius 1 is 1.45 bits per heavy atom. The van der Waals surface area contributed by atoms with Gasteiger partial charge in [-0.15, -0.1) is 0 Å². The summed E-state index contributed by atoms with van der Waals surface area (Å²) in [5.74, 6) is 0.218. The van der Waals surface area contributed by atoms with Gasteiger partial charge in [0.05, 0.1) is 6.61 Å². The molecule has 0 heterocycles. The molecule has 2 amide bonds. The minimum Gasteiger partial charge on any atom is -0.458 e. The molecule has 0 fully saturated rings. The van der Waals surface area contributed by atoms with Crippen molar-refractivity contribution in [3.05, 3.63) is 24.3 Å². The molecule has 0 aliphatic rings. The van der Waals surface area contributed by atoms with E-state index in [0.717, 1.165) is 11.8 Å². The Hall–Kier alpha value is -2.22. The van der Waals surface area contributed by atoms with Crippen molar-refractivity contribution < 1.29 is 14.3 Å². The summed E-state index contributed by atoms with van der Waals surface area (Å²) in [4.78, 5) is 26.7. The van der Waals surface area contributed by atoms with Crippen LogP contribution < -0.4 is 16.4 Å². The molecule has 1 aromatic rings. The molecule has 1 rings (SSSR count). The first-order valence-corrected chi connectivity index (χ1v) is 6.61. The van der Waals surface area contributed by atoms with E-state index in [1.807, 2.05) is 0 Å². The van der Waals surface area contributed by atoms with Crippen molar-refractivity contribution in [2.24, 2.45) is 10.7 Å². The van der Waals surface area contributed by atoms with Gasteiger partial charge in [0.25, 0.3) is 0 Å². The van der Waals surface area contributed by atoms with Crippen LogP contribution in [0.5, 0.6) is 0 Å². The number of carbonyl (C=O) groups excluding carboxylic acids is 2. The van der Waals surface area contributed by atoms with E-state index in [2.05, 4.69) is 15.6 Å². The van der Waals surface area contributed by atoms with Gasteiger partial charge >= 0.3 is 11.3 Å². The summed E-state index contributed by atoms with van der Waals surface area (Å²) >= 11 is 0.978. The van der Waals surface area contributed by atoms with E-state index in [-0.39, 0.29) is 11.3 Å². The fraction of sp³-hybridized carbons (Fsp3) is 0.250. The minimum absolute atomic E-state index is 0.218. The summed E-state index contributed by atoms with van der Waals surface area (Å²) in [6.45, 7) is 2.08. The van der Waals surface area contributed by atoms with Crippen molar-refractivity contribution in [1.29, 1.82) is 0 Å². The van der Waals surface area contributed by atoms with Gasteiger partial charge in [-0.25, -0.2) is 9.59 Å². The highest BCUT2D eigenvalue weighted by Crippen LogP contribution is 2.23. The molecule has 8 heteroatoms. The van der Waals surface area contributed by atoms with Gasteiger partial charge < -0.3 is 15.8 Å². The number of rotatable bonds is 3. The van der Waals surface area contributed by atoms with Gasteiger partial charge in [0.15, 0.2) is 0 Å². The van der Waals surface area contributed by atoms with Gasteiger partial charge in [-0.3, -0.25) is 10.3 Å². The zero-order valence-corrected chi connectivity index (χ0v) is 12.0. The van der Waals surface area contributed by atoms with Crippen molar-refractivity contribution in [1.82, 2.24) is 5.32 Å². The summed E-state index contributed by atoms with van der Waals surface area (Å²) in [7, 11) is 1.51. The van der Waals surface area contributed by atoms with Gasteiger partial charge in [-0.1, -0.05) is 6.07 Å². The molecule has 0 unspecified atom stereocenters. The lowest BCUT2D eigenvalue weighted by Crippen LogP contribution is -2.39. The number of primary amides is 1. The molecule has 0 radical (unpaired) electrons. The third-order valence-corrected chi connectivity index (χ3v) is 2.80. The standard InChI is InChI=1S/C12H16N4O3S/c1-3-19-12(18)20-9-6-4-5-8(7-9)15-11(14-2)16-10(13)17/h4-7H,3H2,1-2H3,(H4,13,14,15,16,17). The third-order valence-electron chi connectivity index (χ3n) is 2.03. The van der Waals surface area contributed by atoms with Gasteiger partial charge in [-0.05, 0) is 36.9 Å². The molecule has 0 saturated heterocycles. The summed E-state index contributed by atoms with van der Waals surface area (Å²) < 4.78 is 4.85. The van der Waals surface area contributed by atoms with Crippen molar-refractivity contribution in [3.8, 4) is 0 Å². The topological polar surface area (TPSA) is 106 Å². The fourth-order valence-electron chi connectivity index (χ4n) is 1.28. The van der Waals surface area contributed by atoms with E-state index in [1.54, 1.807) is 31.2 Å². The number of guanidine groups is 1. The Morgan fingerprint density at radius 2 is 2.20 bits per heavy atom. The van der Waals surface area contributed by atoms with Crippen LogP contribution in [-0.4, -0.2) is 30.9 Å². The number of benzene rings is 1. The molecule has 0 aromatic heterocycles. The zero-order valence-electron chi connectivity index (χ0n) is 11.2. The zero-order chi connectivity index (χ0) is 15.0. The summed E-state index contributed by atoms with van der Waals surface area (Å²) in [5, 5.41) is 4.85. The summed E-state index contributed by atoms with van der Waals surface area (Å²) in [6.07, 6.45) is 0. The van der Waals surface area contributed by atoms with E-state index in [4.69, 9.17) is 10.5 Å². The van der Waals surface area contributed by atoms with Gasteiger partial charge in [0.1, 0.15) is 0 Å². The molecular weight excluding hydrogens is 280 g/mol. The van der Waals surface area contributed by atoms with Crippen LogP contribution in [0, 0.1) is 0 Å². The quantitative estimate of drug-likeness (QED) is 0.342. The average Bonchev–Trinajstić information content (AvgIpc) is 2.38. The van der Waals surface area contributed by atoms with Crippen molar-refractivity contribution >= 4 is 34.7 Å². The Balaban J connectivity index is 2.72. The number of nitrogens with one attached hydrogen (secondary N) is 2. The second kappa shape index (κ2) is 8.05. The Morgan fingerprint density at radius 3 is 2.80 bits per heavy atom. The first-order valence-electron chi connectivity index (χ1n) is 5.80.